The van der Waals surface area contributed by atoms with E-state index < -0.39 is 35.7 Å². The Morgan fingerprint density at radius 1 is 0.971 bits per heavy atom. The SMILES string of the molecule is C[C@](N)(COP(=O)(O)O)C(=O)Nc1ccc(S(=O)(=O)CCc2ccc(-c3ccccc3)cc2)cc1. The number of phosphoric acid groups is 1. The molecule has 9 nitrogen and oxygen atoms in total. The molecule has 0 bridgehead atoms. The van der Waals surface area contributed by atoms with Crippen molar-refractivity contribution in [3.63, 3.8) is 0 Å². The van der Waals surface area contributed by atoms with Crippen LogP contribution in [0.15, 0.2) is 83.8 Å². The molecule has 0 heterocycles. The summed E-state index contributed by atoms with van der Waals surface area (Å²) in [6.07, 6.45) is 0.348. The number of aryl methyl sites for hydroxylation is 1. The summed E-state index contributed by atoms with van der Waals surface area (Å²) in [6.45, 7) is 0.547. The van der Waals surface area contributed by atoms with E-state index in [4.69, 9.17) is 15.5 Å². The molecule has 0 aliphatic heterocycles. The Morgan fingerprint density at radius 3 is 2.11 bits per heavy atom. The number of phosphoric ester groups is 1. The Labute approximate surface area is 204 Å². The number of nitrogens with one attached hydrogen (secondary N) is 1. The summed E-state index contributed by atoms with van der Waals surface area (Å²) in [5.41, 5.74) is 7.37. The van der Waals surface area contributed by atoms with Gasteiger partial charge in [0, 0.05) is 5.69 Å². The smallest absolute Gasteiger partial charge is 0.324 e. The third kappa shape index (κ3) is 7.83. The Bertz CT molecular complexity index is 1300. The number of nitrogens with two attached hydrogens (primary N) is 1. The maximum absolute atomic E-state index is 12.8. The van der Waals surface area contributed by atoms with E-state index in [1.807, 2.05) is 54.6 Å². The number of carbonyl (C=O) groups excluding carboxylic acids is 1. The quantitative estimate of drug-likeness (QED) is 0.298. The summed E-state index contributed by atoms with van der Waals surface area (Å²) < 4.78 is 40.7. The zero-order chi connectivity index (χ0) is 25.7. The minimum absolute atomic E-state index is 0.0794. The molecule has 0 aromatic heterocycles. The van der Waals surface area contributed by atoms with Crippen LogP contribution in [0.3, 0.4) is 0 Å². The molecule has 5 N–H and O–H groups in total. The second kappa shape index (κ2) is 10.8. The Kier molecular flexibility index (Phi) is 8.27. The molecule has 3 aromatic carbocycles. The van der Waals surface area contributed by atoms with E-state index in [1.165, 1.54) is 31.2 Å². The third-order valence-corrected chi connectivity index (χ3v) is 7.44. The lowest BCUT2D eigenvalue weighted by molar-refractivity contribution is -0.121. The molecule has 0 unspecified atom stereocenters. The highest BCUT2D eigenvalue weighted by molar-refractivity contribution is 7.91. The van der Waals surface area contributed by atoms with E-state index in [9.17, 15) is 17.8 Å². The standard InChI is InChI=1S/C24H27N2O7PS/c1-24(25,17-33-34(28,29)30)23(27)26-21-11-13-22(14-12-21)35(31,32)16-15-18-7-9-20(10-8-18)19-5-3-2-4-6-19/h2-14H,15-17,25H2,1H3,(H,26,27)(H2,28,29,30)/t24-/m0/s1. The number of sulfone groups is 1. The minimum Gasteiger partial charge on any atom is -0.324 e. The van der Waals surface area contributed by atoms with Crippen molar-refractivity contribution in [3.05, 3.63) is 84.4 Å². The van der Waals surface area contributed by atoms with Crippen LogP contribution < -0.4 is 11.1 Å². The van der Waals surface area contributed by atoms with Gasteiger partial charge in [-0.15, -0.1) is 0 Å². The van der Waals surface area contributed by atoms with Gasteiger partial charge in [-0.05, 0) is 54.3 Å². The first-order valence-corrected chi connectivity index (χ1v) is 13.8. The maximum Gasteiger partial charge on any atom is 0.469 e. The zero-order valence-corrected chi connectivity index (χ0v) is 20.7. The zero-order valence-electron chi connectivity index (χ0n) is 19.0. The minimum atomic E-state index is -4.78. The van der Waals surface area contributed by atoms with Crippen molar-refractivity contribution in [1.82, 2.24) is 0 Å². The van der Waals surface area contributed by atoms with Crippen LogP contribution in [-0.2, 0) is 30.1 Å². The number of amides is 1. The normalized spacial score (nSPS) is 13.7. The van der Waals surface area contributed by atoms with Crippen LogP contribution in [-0.4, -0.2) is 42.0 Å². The number of benzene rings is 3. The molecule has 0 aliphatic carbocycles. The molecule has 11 heteroatoms. The van der Waals surface area contributed by atoms with E-state index in [-0.39, 0.29) is 16.3 Å². The van der Waals surface area contributed by atoms with Gasteiger partial charge >= 0.3 is 7.82 Å². The van der Waals surface area contributed by atoms with Gasteiger partial charge in [0.05, 0.1) is 17.3 Å². The molecule has 0 fully saturated rings. The summed E-state index contributed by atoms with van der Waals surface area (Å²) in [5.74, 6) is -0.829. The van der Waals surface area contributed by atoms with Crippen LogP contribution in [0.2, 0.25) is 0 Å². The van der Waals surface area contributed by atoms with Crippen LogP contribution in [0.1, 0.15) is 12.5 Å². The van der Waals surface area contributed by atoms with Crippen LogP contribution in [0.25, 0.3) is 11.1 Å². The fourth-order valence-electron chi connectivity index (χ4n) is 3.17. The predicted molar refractivity (Wildman–Crippen MR) is 133 cm³/mol. The summed E-state index contributed by atoms with van der Waals surface area (Å²) >= 11 is 0. The highest BCUT2D eigenvalue weighted by Crippen LogP contribution is 2.36. The van der Waals surface area contributed by atoms with E-state index in [1.54, 1.807) is 0 Å². The second-order valence-corrected chi connectivity index (χ2v) is 11.6. The van der Waals surface area contributed by atoms with Gasteiger partial charge in [0.15, 0.2) is 9.84 Å². The number of carbonyl (C=O) groups is 1. The van der Waals surface area contributed by atoms with Gasteiger partial charge in [0.1, 0.15) is 5.54 Å². The highest BCUT2D eigenvalue weighted by Gasteiger charge is 2.32. The fourth-order valence-corrected chi connectivity index (χ4v) is 4.89. The van der Waals surface area contributed by atoms with Crippen molar-refractivity contribution >= 4 is 29.3 Å². The second-order valence-electron chi connectivity index (χ2n) is 8.29. The molecular weight excluding hydrogens is 491 g/mol. The Morgan fingerprint density at radius 2 is 1.54 bits per heavy atom. The van der Waals surface area contributed by atoms with Crippen molar-refractivity contribution in [1.29, 1.82) is 0 Å². The Balaban J connectivity index is 1.59. The fraction of sp³-hybridized carbons (Fsp3) is 0.208. The molecule has 0 saturated carbocycles. The third-order valence-electron chi connectivity index (χ3n) is 5.24. The van der Waals surface area contributed by atoms with Gasteiger partial charge in [-0.1, -0.05) is 54.6 Å². The summed E-state index contributed by atoms with van der Waals surface area (Å²) in [6, 6.07) is 23.2. The molecule has 35 heavy (non-hydrogen) atoms. The molecule has 1 amide bonds. The molecule has 0 radical (unpaired) electrons. The van der Waals surface area contributed by atoms with Crippen LogP contribution in [0.5, 0.6) is 0 Å². The molecular formula is C24H27N2O7PS. The van der Waals surface area contributed by atoms with Gasteiger partial charge in [0.2, 0.25) is 5.91 Å². The van der Waals surface area contributed by atoms with Crippen LogP contribution in [0, 0.1) is 0 Å². The van der Waals surface area contributed by atoms with Gasteiger partial charge in [-0.2, -0.15) is 0 Å². The number of hydrogen-bond donors (Lipinski definition) is 4. The first kappa shape index (κ1) is 26.7. The number of anilines is 1. The summed E-state index contributed by atoms with van der Waals surface area (Å²) in [7, 11) is -8.35. The van der Waals surface area contributed by atoms with Crippen LogP contribution >= 0.6 is 7.82 Å². The molecule has 0 spiro atoms. The lowest BCUT2D eigenvalue weighted by atomic mass is 10.0. The first-order chi connectivity index (χ1) is 16.4. The monoisotopic (exact) mass is 518 g/mol. The Hall–Kier alpha value is -2.85. The van der Waals surface area contributed by atoms with E-state index >= 15 is 0 Å². The molecule has 0 aliphatic rings. The number of hydrogen-bond acceptors (Lipinski definition) is 6. The average molecular weight is 519 g/mol. The van der Waals surface area contributed by atoms with Crippen molar-refractivity contribution < 1.29 is 32.1 Å². The van der Waals surface area contributed by atoms with Crippen molar-refractivity contribution in [2.24, 2.45) is 5.73 Å². The van der Waals surface area contributed by atoms with Crippen molar-refractivity contribution in [2.45, 2.75) is 23.8 Å². The van der Waals surface area contributed by atoms with E-state index in [2.05, 4.69) is 9.84 Å². The van der Waals surface area contributed by atoms with Crippen LogP contribution in [0.4, 0.5) is 5.69 Å². The maximum atomic E-state index is 12.8. The molecule has 3 aromatic rings. The molecule has 0 saturated heterocycles. The average Bonchev–Trinajstić information content (AvgIpc) is 2.82. The molecule has 3 rings (SSSR count). The number of rotatable bonds is 10. The predicted octanol–water partition coefficient (Wildman–Crippen LogP) is 3.14. The topological polar surface area (TPSA) is 156 Å². The van der Waals surface area contributed by atoms with Gasteiger partial charge < -0.3 is 20.8 Å². The lowest BCUT2D eigenvalue weighted by Gasteiger charge is -2.23. The molecule has 1 atom stereocenters. The van der Waals surface area contributed by atoms with Crippen molar-refractivity contribution in [3.8, 4) is 11.1 Å². The first-order valence-electron chi connectivity index (χ1n) is 10.6. The van der Waals surface area contributed by atoms with Gasteiger partial charge in [0.25, 0.3) is 0 Å². The highest BCUT2D eigenvalue weighted by atomic mass is 32.2. The lowest BCUT2D eigenvalue weighted by Crippen LogP contribution is -2.52. The molecule has 186 valence electrons. The largest absolute Gasteiger partial charge is 0.469 e. The van der Waals surface area contributed by atoms with Gasteiger partial charge in [-0.3, -0.25) is 9.32 Å². The van der Waals surface area contributed by atoms with E-state index in [0.29, 0.717) is 6.42 Å². The summed E-state index contributed by atoms with van der Waals surface area (Å²) in [4.78, 5) is 30.0. The van der Waals surface area contributed by atoms with Gasteiger partial charge in [-0.25, -0.2) is 13.0 Å². The summed E-state index contributed by atoms with van der Waals surface area (Å²) in [5, 5.41) is 2.48. The van der Waals surface area contributed by atoms with Crippen molar-refractivity contribution in [2.75, 3.05) is 17.7 Å². The van der Waals surface area contributed by atoms with E-state index in [0.717, 1.165) is 16.7 Å².